The molecule has 0 atom stereocenters. The van der Waals surface area contributed by atoms with Crippen LogP contribution in [-0.2, 0) is 18.3 Å². The average molecular weight is 234 g/mol. The summed E-state index contributed by atoms with van der Waals surface area (Å²) in [6.45, 7) is 1.94. The second-order valence-corrected chi connectivity index (χ2v) is 3.89. The van der Waals surface area contributed by atoms with Crippen molar-refractivity contribution < 1.29 is 14.3 Å². The number of hydrogen-bond acceptors (Lipinski definition) is 3. The molecule has 0 aliphatic heterocycles. The third-order valence-electron chi connectivity index (χ3n) is 2.79. The Balaban J connectivity index is 2.31. The topological polar surface area (TPSA) is 68.3 Å². The van der Waals surface area contributed by atoms with Crippen molar-refractivity contribution in [2.45, 2.75) is 19.8 Å². The zero-order valence-electron chi connectivity index (χ0n) is 9.80. The molecular formula is C12H14N2O3. The Hall–Kier alpha value is -2.04. The lowest BCUT2D eigenvalue weighted by Crippen LogP contribution is -2.03. The largest absolute Gasteiger partial charge is 0.481 e. The highest BCUT2D eigenvalue weighted by molar-refractivity contribution is 5.67. The Morgan fingerprint density at radius 3 is 2.94 bits per heavy atom. The minimum atomic E-state index is -0.815. The van der Waals surface area contributed by atoms with Crippen LogP contribution in [0.4, 0.5) is 0 Å². The highest BCUT2D eigenvalue weighted by Gasteiger charge is 2.15. The van der Waals surface area contributed by atoms with Crippen LogP contribution in [0.5, 0.6) is 0 Å². The van der Waals surface area contributed by atoms with E-state index in [0.717, 1.165) is 17.2 Å². The monoisotopic (exact) mass is 234 g/mol. The van der Waals surface area contributed by atoms with Crippen LogP contribution in [0.1, 0.15) is 17.9 Å². The maximum Gasteiger partial charge on any atom is 0.303 e. The van der Waals surface area contributed by atoms with Gasteiger partial charge in [-0.15, -0.1) is 0 Å². The van der Waals surface area contributed by atoms with E-state index in [1.165, 1.54) is 0 Å². The zero-order valence-corrected chi connectivity index (χ0v) is 9.80. The van der Waals surface area contributed by atoms with Gasteiger partial charge in [0.2, 0.25) is 0 Å². The quantitative estimate of drug-likeness (QED) is 0.878. The summed E-state index contributed by atoms with van der Waals surface area (Å²) in [5.74, 6) is 0.654. The van der Waals surface area contributed by atoms with E-state index in [1.807, 2.05) is 24.6 Å². The van der Waals surface area contributed by atoms with Gasteiger partial charge in [-0.1, -0.05) is 0 Å². The summed E-state index contributed by atoms with van der Waals surface area (Å²) in [6.07, 6.45) is 2.11. The maximum absolute atomic E-state index is 10.5. The maximum atomic E-state index is 10.5. The molecule has 2 heterocycles. The van der Waals surface area contributed by atoms with Gasteiger partial charge in [-0.25, -0.2) is 4.98 Å². The minimum absolute atomic E-state index is 0.0852. The number of carboxylic acid groups (broad SMARTS) is 1. The zero-order chi connectivity index (χ0) is 12.4. The van der Waals surface area contributed by atoms with Crippen LogP contribution in [0, 0.1) is 6.92 Å². The molecule has 2 aromatic heterocycles. The first kappa shape index (κ1) is 11.4. The Kier molecular flexibility index (Phi) is 2.99. The van der Waals surface area contributed by atoms with Crippen LogP contribution in [0.25, 0.3) is 11.5 Å². The number of aromatic nitrogens is 2. The molecule has 0 unspecified atom stereocenters. The summed E-state index contributed by atoms with van der Waals surface area (Å²) in [5, 5.41) is 8.67. The highest BCUT2D eigenvalue weighted by Crippen LogP contribution is 2.23. The molecule has 2 aromatic rings. The first-order valence-corrected chi connectivity index (χ1v) is 5.37. The molecule has 2 rings (SSSR count). The van der Waals surface area contributed by atoms with E-state index >= 15 is 0 Å². The van der Waals surface area contributed by atoms with E-state index in [9.17, 15) is 4.79 Å². The number of rotatable bonds is 4. The van der Waals surface area contributed by atoms with Gasteiger partial charge in [0.15, 0.2) is 5.76 Å². The first-order valence-electron chi connectivity index (χ1n) is 5.37. The molecular weight excluding hydrogens is 220 g/mol. The van der Waals surface area contributed by atoms with Gasteiger partial charge in [0, 0.05) is 19.2 Å². The fourth-order valence-electron chi connectivity index (χ4n) is 1.73. The second-order valence-electron chi connectivity index (χ2n) is 3.89. The van der Waals surface area contributed by atoms with Crippen LogP contribution < -0.4 is 0 Å². The van der Waals surface area contributed by atoms with Crippen molar-refractivity contribution in [3.05, 3.63) is 29.9 Å². The molecule has 1 N–H and O–H groups in total. The van der Waals surface area contributed by atoms with Gasteiger partial charge < -0.3 is 14.1 Å². The minimum Gasteiger partial charge on any atom is -0.481 e. The van der Waals surface area contributed by atoms with Crippen LogP contribution in [0.15, 0.2) is 22.8 Å². The summed E-state index contributed by atoms with van der Waals surface area (Å²) in [7, 11) is 1.88. The summed E-state index contributed by atoms with van der Waals surface area (Å²) >= 11 is 0. The molecule has 0 amide bonds. The van der Waals surface area contributed by atoms with Gasteiger partial charge in [-0.3, -0.25) is 4.79 Å². The molecule has 90 valence electrons. The number of aryl methyl sites for hydroxylation is 1. The molecule has 0 aliphatic rings. The van der Waals surface area contributed by atoms with Gasteiger partial charge in [0.1, 0.15) is 11.5 Å². The van der Waals surface area contributed by atoms with Gasteiger partial charge >= 0.3 is 5.97 Å². The molecule has 0 aliphatic carbocycles. The number of aliphatic carboxylic acids is 1. The third kappa shape index (κ3) is 2.22. The standard InChI is InChI=1S/C12H14N2O3/c1-8-12(9-4-3-7-17-9)13-10(14(8)2)5-6-11(15)16/h3-4,7H,5-6H2,1-2H3,(H,15,16). The van der Waals surface area contributed by atoms with Crippen molar-refractivity contribution in [2.24, 2.45) is 7.05 Å². The number of nitrogens with zero attached hydrogens (tertiary/aromatic N) is 2. The van der Waals surface area contributed by atoms with Crippen molar-refractivity contribution >= 4 is 5.97 Å². The van der Waals surface area contributed by atoms with Gasteiger partial charge in [-0.2, -0.15) is 0 Å². The van der Waals surface area contributed by atoms with Gasteiger partial charge in [0.05, 0.1) is 12.7 Å². The van der Waals surface area contributed by atoms with E-state index in [4.69, 9.17) is 9.52 Å². The molecule has 0 fully saturated rings. The lowest BCUT2D eigenvalue weighted by atomic mass is 10.3. The third-order valence-corrected chi connectivity index (χ3v) is 2.79. The number of hydrogen-bond donors (Lipinski definition) is 1. The molecule has 0 saturated carbocycles. The predicted molar refractivity (Wildman–Crippen MR) is 61.6 cm³/mol. The number of furan rings is 1. The van der Waals surface area contributed by atoms with Crippen LogP contribution >= 0.6 is 0 Å². The van der Waals surface area contributed by atoms with Crippen molar-refractivity contribution in [3.8, 4) is 11.5 Å². The molecule has 5 nitrogen and oxygen atoms in total. The molecule has 0 radical (unpaired) electrons. The summed E-state index contributed by atoms with van der Waals surface area (Å²) in [4.78, 5) is 15.0. The lowest BCUT2D eigenvalue weighted by Gasteiger charge is -2.00. The second kappa shape index (κ2) is 4.45. The van der Waals surface area contributed by atoms with Gasteiger partial charge in [0.25, 0.3) is 0 Å². The summed E-state index contributed by atoms with van der Waals surface area (Å²) < 4.78 is 7.21. The Bertz CT molecular complexity index is 526. The molecule has 0 spiro atoms. The van der Waals surface area contributed by atoms with Crippen LogP contribution in [0.2, 0.25) is 0 Å². The summed E-state index contributed by atoms with van der Waals surface area (Å²) in [5.41, 5.74) is 1.75. The molecule has 5 heteroatoms. The molecule has 0 bridgehead atoms. The van der Waals surface area contributed by atoms with E-state index in [-0.39, 0.29) is 6.42 Å². The predicted octanol–water partition coefficient (Wildman–Crippen LogP) is 2.01. The molecule has 0 saturated heterocycles. The fraction of sp³-hybridized carbons (Fsp3) is 0.333. The van der Waals surface area contributed by atoms with Crippen molar-refractivity contribution in [3.63, 3.8) is 0 Å². The van der Waals surface area contributed by atoms with Crippen molar-refractivity contribution in [1.82, 2.24) is 9.55 Å². The lowest BCUT2D eigenvalue weighted by molar-refractivity contribution is -0.137. The van der Waals surface area contributed by atoms with Crippen molar-refractivity contribution in [1.29, 1.82) is 0 Å². The van der Waals surface area contributed by atoms with Crippen LogP contribution in [0.3, 0.4) is 0 Å². The highest BCUT2D eigenvalue weighted by atomic mass is 16.4. The average Bonchev–Trinajstić information content (AvgIpc) is 2.88. The SMILES string of the molecule is Cc1c(-c2ccco2)nc(CCC(=O)O)n1C. The van der Waals surface area contributed by atoms with Crippen LogP contribution in [-0.4, -0.2) is 20.6 Å². The Morgan fingerprint density at radius 2 is 2.35 bits per heavy atom. The van der Waals surface area contributed by atoms with Crippen molar-refractivity contribution in [2.75, 3.05) is 0 Å². The van der Waals surface area contributed by atoms with E-state index in [1.54, 1.807) is 12.3 Å². The summed E-state index contributed by atoms with van der Waals surface area (Å²) in [6, 6.07) is 3.65. The Morgan fingerprint density at radius 1 is 1.59 bits per heavy atom. The number of carbonyl (C=O) groups is 1. The Labute approximate surface area is 98.7 Å². The van der Waals surface area contributed by atoms with E-state index in [2.05, 4.69) is 4.98 Å². The van der Waals surface area contributed by atoms with E-state index in [0.29, 0.717) is 12.2 Å². The van der Waals surface area contributed by atoms with E-state index < -0.39 is 5.97 Å². The fourth-order valence-corrected chi connectivity index (χ4v) is 1.73. The van der Waals surface area contributed by atoms with Gasteiger partial charge in [-0.05, 0) is 19.1 Å². The number of imidazole rings is 1. The molecule has 0 aromatic carbocycles. The number of carboxylic acids is 1. The smallest absolute Gasteiger partial charge is 0.303 e. The first-order chi connectivity index (χ1) is 8.09. The molecule has 17 heavy (non-hydrogen) atoms. The normalized spacial score (nSPS) is 10.7.